The van der Waals surface area contributed by atoms with Gasteiger partial charge in [-0.3, -0.25) is 4.79 Å². The van der Waals surface area contributed by atoms with Crippen LogP contribution in [0.4, 0.5) is 0 Å². The van der Waals surface area contributed by atoms with E-state index in [1.165, 1.54) is 4.68 Å². The molecule has 0 fully saturated rings. The average molecular weight is 606 g/mol. The number of methoxy groups -OCH3 is 1. The first kappa shape index (κ1) is 24.4. The summed E-state index contributed by atoms with van der Waals surface area (Å²) in [5.41, 5.74) is 1.99. The molecular formula is C25H20Br2ClN3O3. The molecule has 3 aromatic carbocycles. The fourth-order valence-corrected chi connectivity index (χ4v) is 4.33. The molecule has 9 heteroatoms. The summed E-state index contributed by atoms with van der Waals surface area (Å²) in [5, 5.41) is 5.58. The van der Waals surface area contributed by atoms with Gasteiger partial charge in [-0.25, -0.2) is 4.98 Å². The molecule has 0 saturated heterocycles. The van der Waals surface area contributed by atoms with Crippen molar-refractivity contribution in [1.29, 1.82) is 0 Å². The van der Waals surface area contributed by atoms with Crippen LogP contribution in [-0.2, 0) is 13.0 Å². The highest BCUT2D eigenvalue weighted by Crippen LogP contribution is 2.34. The van der Waals surface area contributed by atoms with E-state index in [4.69, 9.17) is 21.1 Å². The minimum Gasteiger partial charge on any atom is -0.493 e. The third kappa shape index (κ3) is 5.19. The fraction of sp³-hybridized carbons (Fsp3) is 0.160. The van der Waals surface area contributed by atoms with Gasteiger partial charge in [-0.15, -0.1) is 0 Å². The molecule has 4 aromatic rings. The normalized spacial score (nSPS) is 11.3. The number of fused-ring (bicyclic) bond motifs is 1. The van der Waals surface area contributed by atoms with E-state index in [0.29, 0.717) is 51.8 Å². The number of hydrogen-bond acceptors (Lipinski definition) is 5. The Morgan fingerprint density at radius 3 is 2.65 bits per heavy atom. The van der Waals surface area contributed by atoms with E-state index in [1.54, 1.807) is 31.5 Å². The number of nitrogens with zero attached hydrogens (tertiary/aromatic N) is 3. The van der Waals surface area contributed by atoms with E-state index >= 15 is 0 Å². The standard InChI is InChI=1S/C25H20Br2ClN3O3/c1-3-24-30-21-9-8-17(26)11-18(21)25(32)31(24)29-13-16-10-22(33-2)23(12-19(16)27)34-14-15-6-4-5-7-20(15)28/h4-13H,3,14H2,1-2H3. The molecular weight excluding hydrogens is 586 g/mol. The van der Waals surface area contributed by atoms with Gasteiger partial charge in [0, 0.05) is 31.5 Å². The molecule has 0 aliphatic heterocycles. The summed E-state index contributed by atoms with van der Waals surface area (Å²) in [6, 6.07) is 16.5. The summed E-state index contributed by atoms with van der Waals surface area (Å²) >= 11 is 13.2. The lowest BCUT2D eigenvalue weighted by Crippen LogP contribution is -2.22. The Morgan fingerprint density at radius 2 is 1.91 bits per heavy atom. The highest BCUT2D eigenvalue weighted by atomic mass is 79.9. The molecule has 0 N–H and O–H groups in total. The van der Waals surface area contributed by atoms with Crippen LogP contribution in [0.1, 0.15) is 23.9 Å². The van der Waals surface area contributed by atoms with Crippen LogP contribution in [0.3, 0.4) is 0 Å². The van der Waals surface area contributed by atoms with Crippen molar-refractivity contribution in [2.24, 2.45) is 5.10 Å². The van der Waals surface area contributed by atoms with Crippen LogP contribution in [0, 0.1) is 0 Å². The highest BCUT2D eigenvalue weighted by molar-refractivity contribution is 9.10. The molecule has 0 atom stereocenters. The number of ether oxygens (including phenoxy) is 2. The lowest BCUT2D eigenvalue weighted by molar-refractivity contribution is 0.284. The van der Waals surface area contributed by atoms with Crippen molar-refractivity contribution in [1.82, 2.24) is 9.66 Å². The molecule has 0 aliphatic rings. The van der Waals surface area contributed by atoms with Crippen LogP contribution < -0.4 is 15.0 Å². The molecule has 0 amide bonds. The van der Waals surface area contributed by atoms with E-state index in [0.717, 1.165) is 14.5 Å². The first-order valence-corrected chi connectivity index (χ1v) is 12.4. The van der Waals surface area contributed by atoms with Gasteiger partial charge >= 0.3 is 0 Å². The third-order valence-electron chi connectivity index (χ3n) is 5.13. The smallest absolute Gasteiger partial charge is 0.282 e. The second-order valence-electron chi connectivity index (χ2n) is 7.31. The van der Waals surface area contributed by atoms with Gasteiger partial charge in [-0.05, 0) is 52.3 Å². The van der Waals surface area contributed by atoms with E-state index < -0.39 is 0 Å². The third-order valence-corrected chi connectivity index (χ3v) is 6.68. The quantitative estimate of drug-likeness (QED) is 0.223. The van der Waals surface area contributed by atoms with Gasteiger partial charge in [-0.2, -0.15) is 9.78 Å². The van der Waals surface area contributed by atoms with Gasteiger partial charge < -0.3 is 9.47 Å². The number of aromatic nitrogens is 2. The minimum absolute atomic E-state index is 0.234. The van der Waals surface area contributed by atoms with Crippen molar-refractivity contribution in [3.05, 3.63) is 95.9 Å². The molecule has 0 saturated carbocycles. The van der Waals surface area contributed by atoms with Crippen molar-refractivity contribution in [3.63, 3.8) is 0 Å². The van der Waals surface area contributed by atoms with Crippen LogP contribution >= 0.6 is 43.5 Å². The predicted molar refractivity (Wildman–Crippen MR) is 143 cm³/mol. The molecule has 0 spiro atoms. The number of rotatable bonds is 7. The SMILES string of the molecule is CCc1nc2ccc(Br)cc2c(=O)n1N=Cc1cc(OC)c(OCc2ccccc2Cl)cc1Br. The minimum atomic E-state index is -0.234. The second-order valence-corrected chi connectivity index (χ2v) is 9.49. The first-order valence-electron chi connectivity index (χ1n) is 10.4. The fourth-order valence-electron chi connectivity index (χ4n) is 3.36. The Hall–Kier alpha value is -2.68. The number of benzene rings is 3. The molecule has 34 heavy (non-hydrogen) atoms. The molecule has 1 heterocycles. The first-order chi connectivity index (χ1) is 16.4. The summed E-state index contributed by atoms with van der Waals surface area (Å²) in [6.07, 6.45) is 2.15. The molecule has 0 aliphatic carbocycles. The Bertz CT molecular complexity index is 1450. The predicted octanol–water partition coefficient (Wildman–Crippen LogP) is 6.61. The molecule has 174 valence electrons. The molecule has 6 nitrogen and oxygen atoms in total. The zero-order valence-corrected chi connectivity index (χ0v) is 22.3. The molecule has 0 radical (unpaired) electrons. The van der Waals surface area contributed by atoms with Crippen molar-refractivity contribution >= 4 is 60.6 Å². The van der Waals surface area contributed by atoms with Gasteiger partial charge in [0.1, 0.15) is 12.4 Å². The van der Waals surface area contributed by atoms with E-state index in [2.05, 4.69) is 41.9 Å². The monoisotopic (exact) mass is 603 g/mol. The highest BCUT2D eigenvalue weighted by Gasteiger charge is 2.13. The lowest BCUT2D eigenvalue weighted by atomic mass is 10.2. The molecule has 4 rings (SSSR count). The summed E-state index contributed by atoms with van der Waals surface area (Å²) in [4.78, 5) is 17.7. The van der Waals surface area contributed by atoms with Crippen LogP contribution in [-0.4, -0.2) is 23.0 Å². The number of hydrogen-bond donors (Lipinski definition) is 0. The Morgan fingerprint density at radius 1 is 1.12 bits per heavy atom. The van der Waals surface area contributed by atoms with E-state index in [9.17, 15) is 4.79 Å². The van der Waals surface area contributed by atoms with Gasteiger partial charge in [0.05, 0.1) is 24.2 Å². The van der Waals surface area contributed by atoms with Gasteiger partial charge in [0.25, 0.3) is 5.56 Å². The molecule has 0 unspecified atom stereocenters. The summed E-state index contributed by atoms with van der Waals surface area (Å²) in [7, 11) is 1.57. The maximum atomic E-state index is 13.1. The molecule has 0 bridgehead atoms. The summed E-state index contributed by atoms with van der Waals surface area (Å²) in [6.45, 7) is 2.23. The summed E-state index contributed by atoms with van der Waals surface area (Å²) < 4.78 is 14.3. The van der Waals surface area contributed by atoms with E-state index in [-0.39, 0.29) is 5.56 Å². The van der Waals surface area contributed by atoms with Gasteiger partial charge in [0.2, 0.25) is 0 Å². The van der Waals surface area contributed by atoms with Crippen molar-refractivity contribution in [2.75, 3.05) is 7.11 Å². The average Bonchev–Trinajstić information content (AvgIpc) is 2.84. The van der Waals surface area contributed by atoms with Crippen LogP contribution in [0.5, 0.6) is 11.5 Å². The van der Waals surface area contributed by atoms with Crippen molar-refractivity contribution in [3.8, 4) is 11.5 Å². The van der Waals surface area contributed by atoms with Crippen LogP contribution in [0.2, 0.25) is 5.02 Å². The van der Waals surface area contributed by atoms with Gasteiger partial charge in [0.15, 0.2) is 11.5 Å². The Balaban J connectivity index is 1.67. The van der Waals surface area contributed by atoms with Gasteiger partial charge in [-0.1, -0.05) is 52.7 Å². The largest absolute Gasteiger partial charge is 0.493 e. The zero-order valence-electron chi connectivity index (χ0n) is 18.4. The Labute approximate surface area is 218 Å². The maximum absolute atomic E-state index is 13.1. The van der Waals surface area contributed by atoms with Crippen molar-refractivity contribution < 1.29 is 9.47 Å². The van der Waals surface area contributed by atoms with Crippen molar-refractivity contribution in [2.45, 2.75) is 20.0 Å². The zero-order chi connectivity index (χ0) is 24.2. The number of halogens is 3. The van der Waals surface area contributed by atoms with E-state index in [1.807, 2.05) is 43.3 Å². The Kier molecular flexibility index (Phi) is 7.70. The topological polar surface area (TPSA) is 65.7 Å². The second kappa shape index (κ2) is 10.7. The maximum Gasteiger partial charge on any atom is 0.282 e. The summed E-state index contributed by atoms with van der Waals surface area (Å²) in [5.74, 6) is 1.65. The lowest BCUT2D eigenvalue weighted by Gasteiger charge is -2.13. The van der Waals surface area contributed by atoms with Crippen LogP contribution in [0.25, 0.3) is 10.9 Å². The van der Waals surface area contributed by atoms with Crippen LogP contribution in [0.15, 0.2) is 73.4 Å². The molecule has 1 aromatic heterocycles. The number of aryl methyl sites for hydroxylation is 1.